The van der Waals surface area contributed by atoms with Crippen molar-refractivity contribution in [3.8, 4) is 0 Å². The molecule has 0 radical (unpaired) electrons. The van der Waals surface area contributed by atoms with Gasteiger partial charge in [0.15, 0.2) is 0 Å². The minimum Gasteiger partial charge on any atom is -0.331 e. The molecule has 0 fully saturated rings. The number of halogens is 1. The van der Waals surface area contributed by atoms with Gasteiger partial charge in [0.1, 0.15) is 11.5 Å². The van der Waals surface area contributed by atoms with Gasteiger partial charge < -0.3 is 9.88 Å². The number of amides is 1. The summed E-state index contributed by atoms with van der Waals surface area (Å²) < 4.78 is 17.6. The number of hydrogen-bond acceptors (Lipinski definition) is 4. The summed E-state index contributed by atoms with van der Waals surface area (Å²) in [5.41, 5.74) is 3.99. The number of carbonyl (C=O) groups excluding carboxylic acids is 1. The van der Waals surface area contributed by atoms with E-state index in [9.17, 15) is 9.18 Å². The third-order valence-electron chi connectivity index (χ3n) is 4.74. The molecule has 0 aliphatic rings. The minimum atomic E-state index is -0.282. The first kappa shape index (κ1) is 18.0. The molecule has 5 aromatic rings. The van der Waals surface area contributed by atoms with Gasteiger partial charge in [0.2, 0.25) is 0 Å². The number of fused-ring (bicyclic) bond motifs is 2. The van der Waals surface area contributed by atoms with Crippen molar-refractivity contribution in [1.29, 1.82) is 0 Å². The number of benzene rings is 2. The number of carbonyl (C=O) groups is 1. The highest BCUT2D eigenvalue weighted by Crippen LogP contribution is 2.28. The van der Waals surface area contributed by atoms with E-state index >= 15 is 0 Å². The van der Waals surface area contributed by atoms with E-state index in [0.717, 1.165) is 36.7 Å². The highest BCUT2D eigenvalue weighted by molar-refractivity contribution is 7.18. The highest BCUT2D eigenvalue weighted by atomic mass is 32.1. The summed E-state index contributed by atoms with van der Waals surface area (Å²) in [5.74, 6) is -0.472. The topological polar surface area (TPSA) is 46.9 Å². The number of aromatic nitrogens is 2. The van der Waals surface area contributed by atoms with Crippen molar-refractivity contribution >= 4 is 54.7 Å². The SMILES string of the molecule is Cc1nc2ccc(NC(=O)c3cc4sccc4n3Cc3cccc(F)c3)cc2s1. The number of thiazole rings is 1. The zero-order valence-electron chi connectivity index (χ0n) is 15.5. The molecular formula is C22H16FN3OS2. The van der Waals surface area contributed by atoms with Crippen LogP contribution in [0.5, 0.6) is 0 Å². The van der Waals surface area contributed by atoms with Gasteiger partial charge in [-0.1, -0.05) is 12.1 Å². The molecule has 5 rings (SSSR count). The van der Waals surface area contributed by atoms with Crippen LogP contribution in [0, 0.1) is 12.7 Å². The molecule has 4 nitrogen and oxygen atoms in total. The van der Waals surface area contributed by atoms with Crippen LogP contribution in [0.15, 0.2) is 60.0 Å². The summed E-state index contributed by atoms with van der Waals surface area (Å²) in [6.45, 7) is 2.39. The number of aryl methyl sites for hydroxylation is 1. The molecule has 2 aromatic carbocycles. The molecule has 0 aliphatic carbocycles. The molecule has 0 atom stereocenters. The predicted octanol–water partition coefficient (Wildman–Crippen LogP) is 6.06. The Bertz CT molecular complexity index is 1370. The maximum Gasteiger partial charge on any atom is 0.272 e. The monoisotopic (exact) mass is 421 g/mol. The van der Waals surface area contributed by atoms with E-state index in [1.54, 1.807) is 28.7 Å². The van der Waals surface area contributed by atoms with Gasteiger partial charge >= 0.3 is 0 Å². The summed E-state index contributed by atoms with van der Waals surface area (Å²) in [4.78, 5) is 17.5. The third-order valence-corrected chi connectivity index (χ3v) is 6.53. The van der Waals surface area contributed by atoms with Crippen LogP contribution in [0.3, 0.4) is 0 Å². The maximum absolute atomic E-state index is 13.6. The lowest BCUT2D eigenvalue weighted by Crippen LogP contribution is -2.17. The molecule has 0 unspecified atom stereocenters. The van der Waals surface area contributed by atoms with E-state index in [-0.39, 0.29) is 11.7 Å². The Balaban J connectivity index is 1.49. The molecular weight excluding hydrogens is 405 g/mol. The second-order valence-electron chi connectivity index (χ2n) is 6.79. The number of nitrogens with zero attached hydrogens (tertiary/aromatic N) is 2. The van der Waals surface area contributed by atoms with Gasteiger partial charge in [-0.05, 0) is 60.3 Å². The molecule has 29 heavy (non-hydrogen) atoms. The Hall–Kier alpha value is -3.03. The number of nitrogens with one attached hydrogen (secondary N) is 1. The lowest BCUT2D eigenvalue weighted by atomic mass is 10.2. The average Bonchev–Trinajstić information content (AvgIpc) is 3.36. The van der Waals surface area contributed by atoms with E-state index in [1.165, 1.54) is 12.1 Å². The number of thiophene rings is 1. The Labute approximate surface area is 174 Å². The van der Waals surface area contributed by atoms with Gasteiger partial charge in [0.05, 0.1) is 25.4 Å². The average molecular weight is 422 g/mol. The van der Waals surface area contributed by atoms with E-state index in [2.05, 4.69) is 10.3 Å². The lowest BCUT2D eigenvalue weighted by molar-refractivity contribution is 0.101. The molecule has 1 amide bonds. The van der Waals surface area contributed by atoms with Crippen LogP contribution in [0.25, 0.3) is 20.4 Å². The van der Waals surface area contributed by atoms with Crippen molar-refractivity contribution < 1.29 is 9.18 Å². The Morgan fingerprint density at radius 2 is 2.03 bits per heavy atom. The molecule has 0 saturated heterocycles. The molecule has 0 bridgehead atoms. The fourth-order valence-electron chi connectivity index (χ4n) is 3.47. The molecule has 0 aliphatic heterocycles. The van der Waals surface area contributed by atoms with Crippen molar-refractivity contribution in [3.63, 3.8) is 0 Å². The summed E-state index contributed by atoms with van der Waals surface area (Å²) in [6.07, 6.45) is 0. The summed E-state index contributed by atoms with van der Waals surface area (Å²) in [5, 5.41) is 5.99. The fraction of sp³-hybridized carbons (Fsp3) is 0.0909. The van der Waals surface area contributed by atoms with Crippen molar-refractivity contribution in [2.45, 2.75) is 13.5 Å². The lowest BCUT2D eigenvalue weighted by Gasteiger charge is -2.11. The van der Waals surface area contributed by atoms with Crippen molar-refractivity contribution in [2.24, 2.45) is 0 Å². The molecule has 0 saturated carbocycles. The normalized spacial score (nSPS) is 11.4. The summed E-state index contributed by atoms with van der Waals surface area (Å²) in [7, 11) is 0. The van der Waals surface area contributed by atoms with Crippen LogP contribution >= 0.6 is 22.7 Å². The summed E-state index contributed by atoms with van der Waals surface area (Å²) >= 11 is 3.18. The van der Waals surface area contributed by atoms with Crippen LogP contribution in [-0.4, -0.2) is 15.5 Å². The van der Waals surface area contributed by atoms with Gasteiger partial charge in [-0.3, -0.25) is 4.79 Å². The van der Waals surface area contributed by atoms with Crippen LogP contribution in [-0.2, 0) is 6.54 Å². The highest BCUT2D eigenvalue weighted by Gasteiger charge is 2.17. The zero-order valence-corrected chi connectivity index (χ0v) is 17.1. The second kappa shape index (κ2) is 7.09. The first-order valence-corrected chi connectivity index (χ1v) is 10.8. The number of rotatable bonds is 4. The zero-order chi connectivity index (χ0) is 20.0. The molecule has 7 heteroatoms. The minimum absolute atomic E-state index is 0.189. The molecule has 3 heterocycles. The van der Waals surface area contributed by atoms with E-state index in [1.807, 2.05) is 53.3 Å². The molecule has 1 N–H and O–H groups in total. The van der Waals surface area contributed by atoms with Crippen molar-refractivity contribution in [2.75, 3.05) is 5.32 Å². The smallest absolute Gasteiger partial charge is 0.272 e. The predicted molar refractivity (Wildman–Crippen MR) is 118 cm³/mol. The van der Waals surface area contributed by atoms with Crippen molar-refractivity contribution in [3.05, 3.63) is 82.1 Å². The first-order chi connectivity index (χ1) is 14.1. The standard InChI is InChI=1S/C22H16FN3OS2/c1-13-24-17-6-5-16(10-20(17)29-13)25-22(27)19-11-21-18(7-8-28-21)26(19)12-14-3-2-4-15(23)9-14/h2-11H,12H2,1H3,(H,25,27). The van der Waals surface area contributed by atoms with Crippen LogP contribution in [0.4, 0.5) is 10.1 Å². The van der Waals surface area contributed by atoms with E-state index < -0.39 is 0 Å². The second-order valence-corrected chi connectivity index (χ2v) is 8.97. The summed E-state index contributed by atoms with van der Waals surface area (Å²) in [6, 6.07) is 16.1. The fourth-order valence-corrected chi connectivity index (χ4v) is 5.15. The van der Waals surface area contributed by atoms with Crippen LogP contribution < -0.4 is 5.32 Å². The Morgan fingerprint density at radius 3 is 2.90 bits per heavy atom. The molecule has 0 spiro atoms. The quantitative estimate of drug-likeness (QED) is 0.383. The largest absolute Gasteiger partial charge is 0.331 e. The molecule has 3 aromatic heterocycles. The van der Waals surface area contributed by atoms with E-state index in [0.29, 0.717) is 12.2 Å². The van der Waals surface area contributed by atoms with Crippen molar-refractivity contribution in [1.82, 2.24) is 9.55 Å². The number of anilines is 1. The first-order valence-electron chi connectivity index (χ1n) is 9.06. The van der Waals surface area contributed by atoms with Crippen LogP contribution in [0.1, 0.15) is 21.1 Å². The molecule has 144 valence electrons. The van der Waals surface area contributed by atoms with Crippen LogP contribution in [0.2, 0.25) is 0 Å². The number of hydrogen-bond donors (Lipinski definition) is 1. The third kappa shape index (κ3) is 3.43. The van der Waals surface area contributed by atoms with Gasteiger partial charge in [0, 0.05) is 12.2 Å². The Morgan fingerprint density at radius 1 is 1.14 bits per heavy atom. The Kier molecular flexibility index (Phi) is 4.41. The maximum atomic E-state index is 13.6. The van der Waals surface area contributed by atoms with E-state index in [4.69, 9.17) is 0 Å². The van der Waals surface area contributed by atoms with Gasteiger partial charge in [-0.15, -0.1) is 22.7 Å². The van der Waals surface area contributed by atoms with Gasteiger partial charge in [0.25, 0.3) is 5.91 Å². The van der Waals surface area contributed by atoms with Gasteiger partial charge in [-0.2, -0.15) is 0 Å². The van der Waals surface area contributed by atoms with Gasteiger partial charge in [-0.25, -0.2) is 9.37 Å².